The van der Waals surface area contributed by atoms with Gasteiger partial charge in [0, 0.05) is 26.1 Å². The van der Waals surface area contributed by atoms with E-state index in [4.69, 9.17) is 14.2 Å². The van der Waals surface area contributed by atoms with Gasteiger partial charge < -0.3 is 24.8 Å². The number of amides is 3. The second kappa shape index (κ2) is 14.8. The molecule has 0 radical (unpaired) electrons. The Labute approximate surface area is 180 Å². The van der Waals surface area contributed by atoms with Crippen LogP contribution in [0.2, 0.25) is 0 Å². The summed E-state index contributed by atoms with van der Waals surface area (Å²) in [5, 5.41) is 5.48. The molecule has 0 saturated carbocycles. The molecule has 4 N–H and O–H groups in total. The first-order chi connectivity index (χ1) is 13.9. The molecule has 0 rings (SSSR count). The summed E-state index contributed by atoms with van der Waals surface area (Å²) in [6, 6.07) is 0. The van der Waals surface area contributed by atoms with E-state index in [1.807, 2.05) is 20.8 Å². The smallest absolute Gasteiger partial charge is 0.422 e. The van der Waals surface area contributed by atoms with Crippen LogP contribution in [-0.4, -0.2) is 62.1 Å². The van der Waals surface area contributed by atoms with Gasteiger partial charge >= 0.3 is 12.2 Å². The van der Waals surface area contributed by atoms with Crippen LogP contribution in [0.15, 0.2) is 0 Å². The number of hydrogen-bond donors (Lipinski definition) is 4. The van der Waals surface area contributed by atoms with Gasteiger partial charge in [0.05, 0.1) is 13.2 Å². The SMILES string of the molecule is CC(C)(C)OC(=O)NCCCCCC(=O)NCCOCCNNC(=O)OC(C)(C)C. The lowest BCUT2D eigenvalue weighted by Crippen LogP contribution is -2.42. The van der Waals surface area contributed by atoms with Gasteiger partial charge in [-0.05, 0) is 54.4 Å². The van der Waals surface area contributed by atoms with Crippen molar-refractivity contribution in [1.82, 2.24) is 21.5 Å². The van der Waals surface area contributed by atoms with Crippen molar-refractivity contribution in [2.24, 2.45) is 0 Å². The van der Waals surface area contributed by atoms with Gasteiger partial charge in [-0.2, -0.15) is 0 Å². The first-order valence-electron chi connectivity index (χ1n) is 10.4. The standard InChI is InChI=1S/C20H40N4O6/c1-19(2,3)29-17(26)22-11-9-7-8-10-16(25)21-12-14-28-15-13-23-24-18(27)30-20(4,5)6/h23H,7-15H2,1-6H3,(H,21,25)(H,22,26)(H,24,27). The normalized spacial score (nSPS) is 11.5. The van der Waals surface area contributed by atoms with Gasteiger partial charge in [-0.1, -0.05) is 6.42 Å². The zero-order valence-corrected chi connectivity index (χ0v) is 19.3. The topological polar surface area (TPSA) is 127 Å². The minimum atomic E-state index is -0.546. The molecule has 0 saturated heterocycles. The maximum Gasteiger partial charge on any atom is 0.422 e. The second-order valence-corrected chi connectivity index (χ2v) is 8.76. The Morgan fingerprint density at radius 1 is 0.700 bits per heavy atom. The summed E-state index contributed by atoms with van der Waals surface area (Å²) in [6.45, 7) is 13.0. The molecule has 30 heavy (non-hydrogen) atoms. The molecule has 0 bridgehead atoms. The van der Waals surface area contributed by atoms with E-state index >= 15 is 0 Å². The van der Waals surface area contributed by atoms with Crippen LogP contribution in [0.25, 0.3) is 0 Å². The number of unbranched alkanes of at least 4 members (excludes halogenated alkanes) is 2. The molecule has 10 nitrogen and oxygen atoms in total. The first-order valence-corrected chi connectivity index (χ1v) is 10.4. The molecule has 3 amide bonds. The predicted molar refractivity (Wildman–Crippen MR) is 114 cm³/mol. The fourth-order valence-corrected chi connectivity index (χ4v) is 2.11. The molecule has 0 spiro atoms. The number of hydrogen-bond acceptors (Lipinski definition) is 7. The monoisotopic (exact) mass is 432 g/mol. The number of ether oxygens (including phenoxy) is 3. The molecular formula is C20H40N4O6. The van der Waals surface area contributed by atoms with Crippen molar-refractivity contribution in [2.45, 2.75) is 78.4 Å². The fourth-order valence-electron chi connectivity index (χ4n) is 2.11. The molecule has 0 aliphatic heterocycles. The molecule has 10 heteroatoms. The first kappa shape index (κ1) is 27.9. The summed E-state index contributed by atoms with van der Waals surface area (Å²) in [4.78, 5) is 34.6. The Bertz CT molecular complexity index is 514. The third-order valence-electron chi connectivity index (χ3n) is 3.28. The summed E-state index contributed by atoms with van der Waals surface area (Å²) in [5.74, 6) is -0.0246. The van der Waals surface area contributed by atoms with E-state index in [1.54, 1.807) is 20.8 Å². The number of carbonyl (C=O) groups is 3. The summed E-state index contributed by atoms with van der Waals surface area (Å²) in [7, 11) is 0. The maximum atomic E-state index is 11.7. The molecule has 0 aromatic carbocycles. The number of alkyl carbamates (subject to hydrolysis) is 1. The van der Waals surface area contributed by atoms with Crippen molar-refractivity contribution < 1.29 is 28.6 Å². The zero-order chi connectivity index (χ0) is 23.0. The Kier molecular flexibility index (Phi) is 13.8. The third kappa shape index (κ3) is 20.7. The molecule has 0 atom stereocenters. The highest BCUT2D eigenvalue weighted by atomic mass is 16.6. The lowest BCUT2D eigenvalue weighted by atomic mass is 10.2. The van der Waals surface area contributed by atoms with Crippen LogP contribution in [0.1, 0.15) is 67.2 Å². The molecule has 0 heterocycles. The average molecular weight is 433 g/mol. The van der Waals surface area contributed by atoms with Gasteiger partial charge in [0.25, 0.3) is 0 Å². The van der Waals surface area contributed by atoms with Gasteiger partial charge in [0.15, 0.2) is 0 Å². The van der Waals surface area contributed by atoms with Crippen LogP contribution >= 0.6 is 0 Å². The quantitative estimate of drug-likeness (QED) is 0.260. The van der Waals surface area contributed by atoms with E-state index in [2.05, 4.69) is 21.5 Å². The van der Waals surface area contributed by atoms with Crippen LogP contribution in [0.3, 0.4) is 0 Å². The number of nitrogens with one attached hydrogen (secondary N) is 4. The van der Waals surface area contributed by atoms with Gasteiger partial charge in [0.1, 0.15) is 11.2 Å². The molecule has 0 aliphatic rings. The molecule has 176 valence electrons. The van der Waals surface area contributed by atoms with E-state index in [1.165, 1.54) is 0 Å². The molecular weight excluding hydrogens is 392 g/mol. The summed E-state index contributed by atoms with van der Waals surface area (Å²) in [6.07, 6.45) is 1.86. The highest BCUT2D eigenvalue weighted by molar-refractivity contribution is 5.75. The van der Waals surface area contributed by atoms with Crippen molar-refractivity contribution >= 4 is 18.1 Å². The van der Waals surface area contributed by atoms with Crippen molar-refractivity contribution in [1.29, 1.82) is 0 Å². The lowest BCUT2D eigenvalue weighted by Gasteiger charge is -2.19. The second-order valence-electron chi connectivity index (χ2n) is 8.76. The van der Waals surface area contributed by atoms with Crippen LogP contribution < -0.4 is 21.5 Å². The largest absolute Gasteiger partial charge is 0.444 e. The molecule has 0 aromatic heterocycles. The van der Waals surface area contributed by atoms with Crippen molar-refractivity contribution in [3.8, 4) is 0 Å². The number of carbonyl (C=O) groups excluding carboxylic acids is 3. The van der Waals surface area contributed by atoms with Crippen molar-refractivity contribution in [3.63, 3.8) is 0 Å². The van der Waals surface area contributed by atoms with Gasteiger partial charge in [-0.3, -0.25) is 10.2 Å². The minimum absolute atomic E-state index is 0.0246. The molecule has 0 unspecified atom stereocenters. The lowest BCUT2D eigenvalue weighted by molar-refractivity contribution is -0.121. The third-order valence-corrected chi connectivity index (χ3v) is 3.28. The summed E-state index contributed by atoms with van der Waals surface area (Å²) in [5.41, 5.74) is 4.07. The zero-order valence-electron chi connectivity index (χ0n) is 19.3. The molecule has 0 fully saturated rings. The van der Waals surface area contributed by atoms with Crippen LogP contribution in [-0.2, 0) is 19.0 Å². The van der Waals surface area contributed by atoms with Crippen molar-refractivity contribution in [2.75, 3.05) is 32.8 Å². The van der Waals surface area contributed by atoms with Gasteiger partial charge in [0.2, 0.25) is 5.91 Å². The van der Waals surface area contributed by atoms with Crippen LogP contribution in [0.5, 0.6) is 0 Å². The summed E-state index contributed by atoms with van der Waals surface area (Å²) < 4.78 is 15.6. The number of hydrazine groups is 1. The highest BCUT2D eigenvalue weighted by Crippen LogP contribution is 2.07. The predicted octanol–water partition coefficient (Wildman–Crippen LogP) is 2.23. The van der Waals surface area contributed by atoms with Gasteiger partial charge in [-0.15, -0.1) is 0 Å². The van der Waals surface area contributed by atoms with E-state index in [9.17, 15) is 14.4 Å². The van der Waals surface area contributed by atoms with Crippen LogP contribution in [0.4, 0.5) is 9.59 Å². The number of rotatable bonds is 13. The molecule has 0 aromatic rings. The summed E-state index contributed by atoms with van der Waals surface area (Å²) >= 11 is 0. The Hall–Kier alpha value is -2.07. The van der Waals surface area contributed by atoms with Crippen molar-refractivity contribution in [3.05, 3.63) is 0 Å². The maximum absolute atomic E-state index is 11.7. The van der Waals surface area contributed by atoms with Gasteiger partial charge in [-0.25, -0.2) is 15.0 Å². The fraction of sp³-hybridized carbons (Fsp3) is 0.850. The van der Waals surface area contributed by atoms with E-state index in [0.29, 0.717) is 39.3 Å². The van der Waals surface area contributed by atoms with E-state index < -0.39 is 23.4 Å². The Morgan fingerprint density at radius 3 is 1.93 bits per heavy atom. The Morgan fingerprint density at radius 2 is 1.30 bits per heavy atom. The van der Waals surface area contributed by atoms with E-state index in [-0.39, 0.29) is 5.91 Å². The molecule has 0 aliphatic carbocycles. The average Bonchev–Trinajstić information content (AvgIpc) is 2.57. The minimum Gasteiger partial charge on any atom is -0.444 e. The van der Waals surface area contributed by atoms with Crippen LogP contribution in [0, 0.1) is 0 Å². The Balaban J connectivity index is 3.44. The van der Waals surface area contributed by atoms with E-state index in [0.717, 1.165) is 19.3 Å². The highest BCUT2D eigenvalue weighted by Gasteiger charge is 2.16.